The summed E-state index contributed by atoms with van der Waals surface area (Å²) < 4.78 is 14.9. The Hall–Kier alpha value is -3.28. The third-order valence-electron chi connectivity index (χ3n) is 7.78. The standard InChI is InChI=1S/C29H32FN3O2/c1-21(34)32-15-16-33(28(35)29(12-4-5-13-29)25-8-2-3-9-26(25)30)20-23(19-32)17-22-10-11-27-24(18-22)7-6-14-31-27/h2-3,6-11,14,18,23H,4-5,12-13,15-17,19-20H2,1H3/t23-/m1/s1. The zero-order chi connectivity index (χ0) is 24.4. The lowest BCUT2D eigenvalue weighted by Gasteiger charge is -2.35. The minimum absolute atomic E-state index is 0.0122. The number of aromatic nitrogens is 1. The Balaban J connectivity index is 1.43. The lowest BCUT2D eigenvalue weighted by molar-refractivity contribution is -0.138. The zero-order valence-electron chi connectivity index (χ0n) is 20.3. The van der Waals surface area contributed by atoms with Gasteiger partial charge in [0.1, 0.15) is 5.82 Å². The molecule has 0 bridgehead atoms. The number of carbonyl (C=O) groups is 2. The van der Waals surface area contributed by atoms with Crippen molar-refractivity contribution in [2.75, 3.05) is 26.2 Å². The van der Waals surface area contributed by atoms with Gasteiger partial charge in [0.05, 0.1) is 10.9 Å². The van der Waals surface area contributed by atoms with Gasteiger partial charge in [0.25, 0.3) is 0 Å². The summed E-state index contributed by atoms with van der Waals surface area (Å²) in [5.74, 6) is -0.169. The van der Waals surface area contributed by atoms with E-state index in [2.05, 4.69) is 23.2 Å². The van der Waals surface area contributed by atoms with Crippen molar-refractivity contribution in [3.63, 3.8) is 0 Å². The molecule has 1 aliphatic heterocycles. The van der Waals surface area contributed by atoms with Crippen LogP contribution in [0.2, 0.25) is 0 Å². The van der Waals surface area contributed by atoms with E-state index in [9.17, 15) is 14.0 Å². The van der Waals surface area contributed by atoms with Gasteiger partial charge in [-0.25, -0.2) is 4.39 Å². The number of pyridine rings is 1. The summed E-state index contributed by atoms with van der Waals surface area (Å²) in [5, 5.41) is 1.08. The Labute approximate surface area is 205 Å². The van der Waals surface area contributed by atoms with Crippen molar-refractivity contribution in [2.24, 2.45) is 5.92 Å². The second kappa shape index (κ2) is 9.76. The molecule has 1 saturated carbocycles. The summed E-state index contributed by atoms with van der Waals surface area (Å²) in [5.41, 5.74) is 1.83. The smallest absolute Gasteiger partial charge is 0.233 e. The molecule has 2 aliphatic rings. The molecule has 1 aliphatic carbocycles. The van der Waals surface area contributed by atoms with Crippen LogP contribution < -0.4 is 0 Å². The van der Waals surface area contributed by atoms with E-state index in [1.807, 2.05) is 28.0 Å². The van der Waals surface area contributed by atoms with Gasteiger partial charge in [0.2, 0.25) is 11.8 Å². The van der Waals surface area contributed by atoms with Gasteiger partial charge in [0.15, 0.2) is 0 Å². The quantitative estimate of drug-likeness (QED) is 0.550. The lowest BCUT2D eigenvalue weighted by Crippen LogP contribution is -2.48. The highest BCUT2D eigenvalue weighted by atomic mass is 19.1. The molecule has 182 valence electrons. The SMILES string of the molecule is CC(=O)N1CCN(C(=O)C2(c3ccccc3F)CCCC2)C[C@H](Cc2ccc3ncccc3c2)C1. The Kier molecular flexibility index (Phi) is 6.54. The summed E-state index contributed by atoms with van der Waals surface area (Å²) >= 11 is 0. The van der Waals surface area contributed by atoms with Gasteiger partial charge >= 0.3 is 0 Å². The number of carbonyl (C=O) groups excluding carboxylic acids is 2. The molecule has 0 spiro atoms. The fourth-order valence-electron chi connectivity index (χ4n) is 6.02. The number of rotatable bonds is 4. The van der Waals surface area contributed by atoms with E-state index in [0.717, 1.165) is 35.7 Å². The van der Waals surface area contributed by atoms with E-state index in [4.69, 9.17) is 0 Å². The van der Waals surface area contributed by atoms with Gasteiger partial charge in [0, 0.05) is 50.2 Å². The molecule has 0 unspecified atom stereocenters. The molecule has 0 radical (unpaired) electrons. The fraction of sp³-hybridized carbons (Fsp3) is 0.414. The fourth-order valence-corrected chi connectivity index (χ4v) is 6.02. The van der Waals surface area contributed by atoms with Crippen LogP contribution in [-0.2, 0) is 21.4 Å². The molecule has 5 rings (SSSR count). The first-order valence-corrected chi connectivity index (χ1v) is 12.6. The molecule has 1 aromatic heterocycles. The first-order valence-electron chi connectivity index (χ1n) is 12.6. The average molecular weight is 474 g/mol. The zero-order valence-corrected chi connectivity index (χ0v) is 20.3. The minimum atomic E-state index is -0.810. The lowest BCUT2D eigenvalue weighted by atomic mass is 9.77. The average Bonchev–Trinajstić information content (AvgIpc) is 3.26. The molecule has 35 heavy (non-hydrogen) atoms. The van der Waals surface area contributed by atoms with Gasteiger partial charge in [-0.2, -0.15) is 0 Å². The van der Waals surface area contributed by atoms with Crippen LogP contribution in [0.5, 0.6) is 0 Å². The van der Waals surface area contributed by atoms with Crippen molar-refractivity contribution >= 4 is 22.7 Å². The summed E-state index contributed by atoms with van der Waals surface area (Å²) in [6.07, 6.45) is 5.72. The highest BCUT2D eigenvalue weighted by Crippen LogP contribution is 2.44. The van der Waals surface area contributed by atoms with Crippen LogP contribution in [0.1, 0.15) is 43.7 Å². The van der Waals surface area contributed by atoms with Crippen molar-refractivity contribution in [3.05, 3.63) is 77.7 Å². The number of fused-ring (bicyclic) bond motifs is 1. The van der Waals surface area contributed by atoms with E-state index >= 15 is 0 Å². The van der Waals surface area contributed by atoms with Gasteiger partial charge in [-0.3, -0.25) is 14.6 Å². The molecule has 1 atom stereocenters. The Morgan fingerprint density at radius 2 is 1.74 bits per heavy atom. The molecular formula is C29H32FN3O2. The van der Waals surface area contributed by atoms with Crippen molar-refractivity contribution < 1.29 is 14.0 Å². The van der Waals surface area contributed by atoms with E-state index in [-0.39, 0.29) is 23.5 Å². The molecular weight excluding hydrogens is 441 g/mol. The number of amides is 2. The maximum absolute atomic E-state index is 14.9. The highest BCUT2D eigenvalue weighted by Gasteiger charge is 2.47. The van der Waals surface area contributed by atoms with Gasteiger partial charge < -0.3 is 9.80 Å². The second-order valence-corrected chi connectivity index (χ2v) is 10.1. The largest absolute Gasteiger partial charge is 0.341 e. The van der Waals surface area contributed by atoms with E-state index < -0.39 is 5.41 Å². The Bertz CT molecular complexity index is 1240. The minimum Gasteiger partial charge on any atom is -0.341 e. The van der Waals surface area contributed by atoms with Crippen LogP contribution in [-0.4, -0.2) is 52.8 Å². The molecule has 2 heterocycles. The first kappa shape index (κ1) is 23.5. The first-order chi connectivity index (χ1) is 17.0. The van der Waals surface area contributed by atoms with Crippen molar-refractivity contribution in [3.8, 4) is 0 Å². The van der Waals surface area contributed by atoms with Gasteiger partial charge in [-0.15, -0.1) is 0 Å². The molecule has 3 aromatic rings. The summed E-state index contributed by atoms with van der Waals surface area (Å²) in [6.45, 7) is 3.74. The summed E-state index contributed by atoms with van der Waals surface area (Å²) in [4.78, 5) is 34.6. The summed E-state index contributed by atoms with van der Waals surface area (Å²) in [7, 11) is 0. The molecule has 6 heteroatoms. The highest BCUT2D eigenvalue weighted by molar-refractivity contribution is 5.89. The van der Waals surface area contributed by atoms with Crippen molar-refractivity contribution in [2.45, 2.75) is 44.4 Å². The predicted molar refractivity (Wildman–Crippen MR) is 134 cm³/mol. The van der Waals surface area contributed by atoms with Crippen LogP contribution in [0.15, 0.2) is 60.8 Å². The molecule has 2 aromatic carbocycles. The van der Waals surface area contributed by atoms with Crippen LogP contribution in [0.3, 0.4) is 0 Å². The Morgan fingerprint density at radius 1 is 1.00 bits per heavy atom. The van der Waals surface area contributed by atoms with E-state index in [1.54, 1.807) is 25.3 Å². The predicted octanol–water partition coefficient (Wildman–Crippen LogP) is 4.74. The van der Waals surface area contributed by atoms with Crippen molar-refractivity contribution in [1.82, 2.24) is 14.8 Å². The number of nitrogens with zero attached hydrogens (tertiary/aromatic N) is 3. The third kappa shape index (κ3) is 4.66. The van der Waals surface area contributed by atoms with Gasteiger partial charge in [-0.1, -0.05) is 43.2 Å². The van der Waals surface area contributed by atoms with Crippen LogP contribution >= 0.6 is 0 Å². The number of hydrogen-bond acceptors (Lipinski definition) is 3. The maximum Gasteiger partial charge on any atom is 0.233 e. The van der Waals surface area contributed by atoms with Crippen molar-refractivity contribution in [1.29, 1.82) is 0 Å². The number of benzene rings is 2. The monoisotopic (exact) mass is 473 g/mol. The normalized spacial score (nSPS) is 20.1. The van der Waals surface area contributed by atoms with E-state index in [0.29, 0.717) is 44.6 Å². The molecule has 2 amide bonds. The molecule has 0 N–H and O–H groups in total. The topological polar surface area (TPSA) is 53.5 Å². The molecule has 2 fully saturated rings. The third-order valence-corrected chi connectivity index (χ3v) is 7.78. The number of hydrogen-bond donors (Lipinski definition) is 0. The van der Waals surface area contributed by atoms with Crippen LogP contribution in [0.4, 0.5) is 4.39 Å². The second-order valence-electron chi connectivity index (χ2n) is 10.1. The maximum atomic E-state index is 14.9. The van der Waals surface area contributed by atoms with E-state index in [1.165, 1.54) is 6.07 Å². The summed E-state index contributed by atoms with van der Waals surface area (Å²) in [6, 6.07) is 17.0. The van der Waals surface area contributed by atoms with Crippen LogP contribution in [0.25, 0.3) is 10.9 Å². The molecule has 1 saturated heterocycles. The Morgan fingerprint density at radius 3 is 2.51 bits per heavy atom. The molecule has 5 nitrogen and oxygen atoms in total. The van der Waals surface area contributed by atoms with Crippen LogP contribution in [0, 0.1) is 11.7 Å². The number of halogens is 1. The van der Waals surface area contributed by atoms with Gasteiger partial charge in [-0.05, 0) is 55.0 Å².